The van der Waals surface area contributed by atoms with Crippen LogP contribution in [0, 0.1) is 0 Å². The first kappa shape index (κ1) is 25.6. The third-order valence-corrected chi connectivity index (χ3v) is 7.51. The predicted octanol–water partition coefficient (Wildman–Crippen LogP) is 7.83. The molecular weight excluding hydrogens is 482 g/mol. The number of rotatable bonds is 6. The first-order chi connectivity index (χ1) is 15.3. The summed E-state index contributed by atoms with van der Waals surface area (Å²) in [7, 11) is 0. The van der Waals surface area contributed by atoms with Gasteiger partial charge >= 0.3 is 0 Å². The second kappa shape index (κ2) is 13.6. The van der Waals surface area contributed by atoms with Crippen molar-refractivity contribution in [3.8, 4) is 0 Å². The topological polar surface area (TPSA) is 36.4 Å². The molecule has 3 saturated carbocycles. The van der Waals surface area contributed by atoms with Crippen molar-refractivity contribution in [1.82, 2.24) is 10.6 Å². The van der Waals surface area contributed by atoms with Crippen molar-refractivity contribution in [2.75, 3.05) is 0 Å². The molecule has 0 radical (unpaired) electrons. The SMILES string of the molecule is Br.Clc1ccc(/C(=C/C(=NC2CCCCC2)NC2CCCCC2)NC2CCCCC2)cc1. The van der Waals surface area contributed by atoms with Crippen LogP contribution in [0.3, 0.4) is 0 Å². The fourth-order valence-corrected chi connectivity index (χ4v) is 5.55. The van der Waals surface area contributed by atoms with Gasteiger partial charge in [-0.25, -0.2) is 0 Å². The highest BCUT2D eigenvalue weighted by molar-refractivity contribution is 8.93. The van der Waals surface area contributed by atoms with Crippen LogP contribution < -0.4 is 10.6 Å². The molecule has 0 aliphatic heterocycles. The van der Waals surface area contributed by atoms with Crippen LogP contribution in [0.5, 0.6) is 0 Å². The van der Waals surface area contributed by atoms with Crippen LogP contribution in [0.4, 0.5) is 0 Å². The molecule has 178 valence electrons. The van der Waals surface area contributed by atoms with Crippen LogP contribution in [-0.2, 0) is 0 Å². The Morgan fingerprint density at radius 1 is 0.719 bits per heavy atom. The standard InChI is InChI=1S/C27H40ClN3.BrH/c28-22-18-16-21(17-19-22)26(29-23-10-4-1-5-11-23)20-27(30-24-12-6-2-7-13-24)31-25-14-8-3-9-15-25;/h16-20,23-25,29H,1-15H2,(H,30,31);1H/b26-20-;. The normalized spacial score (nSPS) is 22.3. The van der Waals surface area contributed by atoms with E-state index in [1.54, 1.807) is 0 Å². The van der Waals surface area contributed by atoms with E-state index in [0.29, 0.717) is 18.1 Å². The number of benzene rings is 1. The average Bonchev–Trinajstić information content (AvgIpc) is 2.81. The maximum absolute atomic E-state index is 6.20. The number of nitrogens with zero attached hydrogens (tertiary/aromatic N) is 1. The molecule has 0 unspecified atom stereocenters. The van der Waals surface area contributed by atoms with E-state index < -0.39 is 0 Å². The molecule has 3 aliphatic carbocycles. The van der Waals surface area contributed by atoms with Gasteiger partial charge < -0.3 is 10.6 Å². The quantitative estimate of drug-likeness (QED) is 0.295. The summed E-state index contributed by atoms with van der Waals surface area (Å²) in [5.41, 5.74) is 2.40. The second-order valence-electron chi connectivity index (χ2n) is 9.83. The minimum Gasteiger partial charge on any atom is -0.382 e. The molecule has 3 aliphatic rings. The van der Waals surface area contributed by atoms with Crippen molar-refractivity contribution >= 4 is 40.1 Å². The molecule has 5 heteroatoms. The molecule has 0 atom stereocenters. The Balaban J connectivity index is 0.00000289. The molecule has 0 amide bonds. The molecule has 32 heavy (non-hydrogen) atoms. The number of amidine groups is 1. The van der Waals surface area contributed by atoms with Gasteiger partial charge in [0.1, 0.15) is 5.84 Å². The summed E-state index contributed by atoms with van der Waals surface area (Å²) in [5.74, 6) is 1.09. The number of nitrogens with one attached hydrogen (secondary N) is 2. The molecule has 2 N–H and O–H groups in total. The Morgan fingerprint density at radius 2 is 1.22 bits per heavy atom. The van der Waals surface area contributed by atoms with Gasteiger partial charge in [0.05, 0.1) is 6.04 Å². The zero-order valence-electron chi connectivity index (χ0n) is 19.5. The second-order valence-corrected chi connectivity index (χ2v) is 10.3. The molecule has 4 rings (SSSR count). The van der Waals surface area contributed by atoms with Crippen molar-refractivity contribution < 1.29 is 0 Å². The highest BCUT2D eigenvalue weighted by Crippen LogP contribution is 2.24. The predicted molar refractivity (Wildman–Crippen MR) is 144 cm³/mol. The van der Waals surface area contributed by atoms with Crippen LogP contribution in [0.15, 0.2) is 35.3 Å². The summed E-state index contributed by atoms with van der Waals surface area (Å²) in [5, 5.41) is 8.54. The van der Waals surface area contributed by atoms with E-state index >= 15 is 0 Å². The Kier molecular flexibility index (Phi) is 10.9. The summed E-state index contributed by atoms with van der Waals surface area (Å²) in [6.45, 7) is 0. The van der Waals surface area contributed by atoms with Crippen LogP contribution in [0.25, 0.3) is 5.70 Å². The highest BCUT2D eigenvalue weighted by Gasteiger charge is 2.19. The van der Waals surface area contributed by atoms with Gasteiger partial charge in [-0.2, -0.15) is 0 Å². The first-order valence-corrected chi connectivity index (χ1v) is 13.2. The minimum absolute atomic E-state index is 0. The molecule has 1 aromatic rings. The summed E-state index contributed by atoms with van der Waals surface area (Å²) in [4.78, 5) is 5.27. The van der Waals surface area contributed by atoms with E-state index in [-0.39, 0.29) is 17.0 Å². The average molecular weight is 523 g/mol. The first-order valence-electron chi connectivity index (χ1n) is 12.8. The van der Waals surface area contributed by atoms with Gasteiger partial charge in [0.25, 0.3) is 0 Å². The fraction of sp³-hybridized carbons (Fsp3) is 0.667. The maximum atomic E-state index is 6.20. The lowest BCUT2D eigenvalue weighted by atomic mass is 9.94. The largest absolute Gasteiger partial charge is 0.382 e. The molecular formula is C27H41BrClN3. The van der Waals surface area contributed by atoms with Crippen molar-refractivity contribution in [1.29, 1.82) is 0 Å². The monoisotopic (exact) mass is 521 g/mol. The van der Waals surface area contributed by atoms with Gasteiger partial charge in [-0.15, -0.1) is 17.0 Å². The van der Waals surface area contributed by atoms with E-state index in [2.05, 4.69) is 28.8 Å². The molecule has 3 fully saturated rings. The third kappa shape index (κ3) is 8.09. The number of hydrogen-bond acceptors (Lipinski definition) is 2. The van der Waals surface area contributed by atoms with Gasteiger partial charge in [0.15, 0.2) is 0 Å². The van der Waals surface area contributed by atoms with E-state index in [0.717, 1.165) is 10.9 Å². The van der Waals surface area contributed by atoms with E-state index in [4.69, 9.17) is 16.6 Å². The van der Waals surface area contributed by atoms with Crippen LogP contribution in [0.1, 0.15) is 102 Å². The smallest absolute Gasteiger partial charge is 0.123 e. The van der Waals surface area contributed by atoms with Crippen LogP contribution in [0.2, 0.25) is 5.02 Å². The Morgan fingerprint density at radius 3 is 1.78 bits per heavy atom. The molecule has 0 spiro atoms. The summed E-state index contributed by atoms with van der Waals surface area (Å²) in [6.07, 6.45) is 21.9. The summed E-state index contributed by atoms with van der Waals surface area (Å²) < 4.78 is 0. The lowest BCUT2D eigenvalue weighted by molar-refractivity contribution is 0.407. The molecule has 0 bridgehead atoms. The number of hydrogen-bond donors (Lipinski definition) is 2. The Labute approximate surface area is 210 Å². The van der Waals surface area contributed by atoms with Gasteiger partial charge in [-0.3, -0.25) is 4.99 Å². The fourth-order valence-electron chi connectivity index (χ4n) is 5.42. The van der Waals surface area contributed by atoms with Gasteiger partial charge in [0, 0.05) is 28.9 Å². The number of halogens is 2. The van der Waals surface area contributed by atoms with Crippen LogP contribution >= 0.6 is 28.6 Å². The maximum Gasteiger partial charge on any atom is 0.123 e. The van der Waals surface area contributed by atoms with Crippen molar-refractivity contribution in [3.05, 3.63) is 40.9 Å². The molecule has 1 aromatic carbocycles. The Bertz CT molecular complexity index is 728. The van der Waals surface area contributed by atoms with Crippen molar-refractivity contribution in [2.45, 2.75) is 114 Å². The highest BCUT2D eigenvalue weighted by atomic mass is 79.9. The lowest BCUT2D eigenvalue weighted by Gasteiger charge is -2.28. The summed E-state index contributed by atoms with van der Waals surface area (Å²) in [6, 6.07) is 9.87. The molecule has 0 aromatic heterocycles. The zero-order valence-corrected chi connectivity index (χ0v) is 21.9. The van der Waals surface area contributed by atoms with Crippen LogP contribution in [-0.4, -0.2) is 24.0 Å². The molecule has 3 nitrogen and oxygen atoms in total. The van der Waals surface area contributed by atoms with E-state index in [9.17, 15) is 0 Å². The zero-order chi connectivity index (χ0) is 21.3. The van der Waals surface area contributed by atoms with Gasteiger partial charge in [0.2, 0.25) is 0 Å². The Hall–Kier alpha value is -1.00. The molecule has 0 heterocycles. The van der Waals surface area contributed by atoms with Crippen molar-refractivity contribution in [3.63, 3.8) is 0 Å². The van der Waals surface area contributed by atoms with Crippen molar-refractivity contribution in [2.24, 2.45) is 4.99 Å². The van der Waals surface area contributed by atoms with E-state index in [1.807, 2.05) is 12.1 Å². The summed E-state index contributed by atoms with van der Waals surface area (Å²) >= 11 is 6.20. The van der Waals surface area contributed by atoms with Gasteiger partial charge in [-0.05, 0) is 56.2 Å². The van der Waals surface area contributed by atoms with E-state index in [1.165, 1.54) is 108 Å². The van der Waals surface area contributed by atoms with Gasteiger partial charge in [-0.1, -0.05) is 81.5 Å². The lowest BCUT2D eigenvalue weighted by Crippen LogP contribution is -2.37. The minimum atomic E-state index is 0. The molecule has 0 saturated heterocycles. The third-order valence-electron chi connectivity index (χ3n) is 7.25. The number of aliphatic imine (C=N–C) groups is 1.